The van der Waals surface area contributed by atoms with Crippen molar-refractivity contribution in [2.45, 2.75) is 0 Å². The van der Waals surface area contributed by atoms with Gasteiger partial charge in [0.15, 0.2) is 5.78 Å². The van der Waals surface area contributed by atoms with Gasteiger partial charge in [0.2, 0.25) is 0 Å². The van der Waals surface area contributed by atoms with Gasteiger partial charge in [0.25, 0.3) is 0 Å². The van der Waals surface area contributed by atoms with Crippen LogP contribution in [0.5, 0.6) is 0 Å². The maximum absolute atomic E-state index is 13.1. The van der Waals surface area contributed by atoms with Crippen LogP contribution in [-0.2, 0) is 4.74 Å². The molecule has 0 fully saturated rings. The molecular formula is C21H13Cl3O3. The van der Waals surface area contributed by atoms with E-state index < -0.39 is 5.97 Å². The lowest BCUT2D eigenvalue weighted by Crippen LogP contribution is -2.06. The molecule has 6 heteroatoms. The first-order valence-corrected chi connectivity index (χ1v) is 9.01. The van der Waals surface area contributed by atoms with Gasteiger partial charge < -0.3 is 4.74 Å². The Labute approximate surface area is 171 Å². The normalized spacial score (nSPS) is 10.5. The van der Waals surface area contributed by atoms with Gasteiger partial charge in [-0.15, -0.1) is 0 Å². The van der Waals surface area contributed by atoms with E-state index in [0.29, 0.717) is 42.9 Å². The molecule has 0 saturated carbocycles. The molecule has 0 aliphatic rings. The first-order valence-electron chi connectivity index (χ1n) is 7.88. The van der Waals surface area contributed by atoms with Gasteiger partial charge in [-0.3, -0.25) is 4.79 Å². The SMILES string of the molecule is COC(=O)c1ccc(C(=O)c2cc(Cl)ccc2-c2cc(Cl)cc(Cl)c2)cc1. The van der Waals surface area contributed by atoms with Crippen molar-refractivity contribution < 1.29 is 14.3 Å². The third kappa shape index (κ3) is 4.33. The van der Waals surface area contributed by atoms with Crippen LogP contribution in [-0.4, -0.2) is 18.9 Å². The fourth-order valence-electron chi connectivity index (χ4n) is 2.70. The first kappa shape index (κ1) is 19.4. The van der Waals surface area contributed by atoms with E-state index in [1.165, 1.54) is 7.11 Å². The molecule has 0 heterocycles. The molecule has 0 aliphatic carbocycles. The average molecular weight is 420 g/mol. The molecule has 0 unspecified atom stereocenters. The highest BCUT2D eigenvalue weighted by atomic mass is 35.5. The van der Waals surface area contributed by atoms with Crippen LogP contribution in [0.3, 0.4) is 0 Å². The molecule has 0 spiro atoms. The zero-order valence-corrected chi connectivity index (χ0v) is 16.4. The first-order chi connectivity index (χ1) is 12.9. The van der Waals surface area contributed by atoms with Gasteiger partial charge in [0, 0.05) is 26.2 Å². The summed E-state index contributed by atoms with van der Waals surface area (Å²) in [6.07, 6.45) is 0. The maximum atomic E-state index is 13.1. The van der Waals surface area contributed by atoms with Gasteiger partial charge in [0.05, 0.1) is 12.7 Å². The highest BCUT2D eigenvalue weighted by molar-refractivity contribution is 6.35. The molecular weight excluding hydrogens is 407 g/mol. The molecule has 0 atom stereocenters. The lowest BCUT2D eigenvalue weighted by atomic mass is 9.93. The van der Waals surface area contributed by atoms with Crippen LogP contribution in [0.2, 0.25) is 15.1 Å². The van der Waals surface area contributed by atoms with E-state index in [2.05, 4.69) is 4.74 Å². The van der Waals surface area contributed by atoms with E-state index in [-0.39, 0.29) is 5.78 Å². The van der Waals surface area contributed by atoms with Crippen molar-refractivity contribution in [1.29, 1.82) is 0 Å². The number of hydrogen-bond donors (Lipinski definition) is 0. The molecule has 0 bridgehead atoms. The molecule has 3 rings (SSSR count). The van der Waals surface area contributed by atoms with E-state index in [1.54, 1.807) is 60.7 Å². The summed E-state index contributed by atoms with van der Waals surface area (Å²) in [4.78, 5) is 24.6. The molecule has 3 aromatic carbocycles. The van der Waals surface area contributed by atoms with Crippen LogP contribution < -0.4 is 0 Å². The predicted molar refractivity (Wildman–Crippen MR) is 108 cm³/mol. The summed E-state index contributed by atoms with van der Waals surface area (Å²) in [5.74, 6) is -0.703. The Hall–Kier alpha value is -2.33. The third-order valence-electron chi connectivity index (χ3n) is 3.97. The summed E-state index contributed by atoms with van der Waals surface area (Å²) in [6.45, 7) is 0. The largest absolute Gasteiger partial charge is 0.465 e. The summed E-state index contributed by atoms with van der Waals surface area (Å²) in [5.41, 5.74) is 2.55. The number of ketones is 1. The zero-order chi connectivity index (χ0) is 19.6. The van der Waals surface area contributed by atoms with Crippen LogP contribution in [0.25, 0.3) is 11.1 Å². The molecule has 0 amide bonds. The van der Waals surface area contributed by atoms with E-state index >= 15 is 0 Å². The Balaban J connectivity index is 2.07. The van der Waals surface area contributed by atoms with Crippen LogP contribution in [0, 0.1) is 0 Å². The Bertz CT molecular complexity index is 1010. The monoisotopic (exact) mass is 418 g/mol. The molecule has 3 aromatic rings. The van der Waals surface area contributed by atoms with E-state index in [9.17, 15) is 9.59 Å². The van der Waals surface area contributed by atoms with Crippen LogP contribution in [0.4, 0.5) is 0 Å². The quantitative estimate of drug-likeness (QED) is 0.366. The molecule has 136 valence electrons. The van der Waals surface area contributed by atoms with Crippen molar-refractivity contribution >= 4 is 46.6 Å². The summed E-state index contributed by atoms with van der Waals surface area (Å²) in [5, 5.41) is 1.36. The number of halogens is 3. The fourth-order valence-corrected chi connectivity index (χ4v) is 3.39. The fraction of sp³-hybridized carbons (Fsp3) is 0.0476. The van der Waals surface area contributed by atoms with Gasteiger partial charge in [-0.25, -0.2) is 4.79 Å². The predicted octanol–water partition coefficient (Wildman–Crippen LogP) is 6.33. The Morgan fingerprint density at radius 3 is 1.93 bits per heavy atom. The third-order valence-corrected chi connectivity index (χ3v) is 4.64. The van der Waals surface area contributed by atoms with Crippen molar-refractivity contribution in [1.82, 2.24) is 0 Å². The van der Waals surface area contributed by atoms with E-state index in [0.717, 1.165) is 0 Å². The number of rotatable bonds is 4. The second-order valence-corrected chi connectivity index (χ2v) is 7.06. The molecule has 27 heavy (non-hydrogen) atoms. The highest BCUT2D eigenvalue weighted by Gasteiger charge is 2.17. The summed E-state index contributed by atoms with van der Waals surface area (Å²) < 4.78 is 4.67. The summed E-state index contributed by atoms with van der Waals surface area (Å²) in [7, 11) is 1.30. The van der Waals surface area contributed by atoms with Gasteiger partial charge in [-0.2, -0.15) is 0 Å². The summed E-state index contributed by atoms with van der Waals surface area (Å²) in [6, 6.07) is 16.4. The van der Waals surface area contributed by atoms with Crippen molar-refractivity contribution in [3.63, 3.8) is 0 Å². The Morgan fingerprint density at radius 1 is 0.741 bits per heavy atom. The van der Waals surface area contributed by atoms with Gasteiger partial charge in [0.1, 0.15) is 0 Å². The number of hydrogen-bond acceptors (Lipinski definition) is 3. The van der Waals surface area contributed by atoms with Crippen molar-refractivity contribution in [2.24, 2.45) is 0 Å². The smallest absolute Gasteiger partial charge is 0.337 e. The number of ether oxygens (including phenoxy) is 1. The molecule has 3 nitrogen and oxygen atoms in total. The van der Waals surface area contributed by atoms with Crippen molar-refractivity contribution in [2.75, 3.05) is 7.11 Å². The number of esters is 1. The highest BCUT2D eigenvalue weighted by Crippen LogP contribution is 2.32. The van der Waals surface area contributed by atoms with E-state index in [4.69, 9.17) is 34.8 Å². The molecule has 0 N–H and O–H groups in total. The average Bonchev–Trinajstić information content (AvgIpc) is 2.66. The number of benzene rings is 3. The Morgan fingerprint density at radius 2 is 1.33 bits per heavy atom. The molecule has 0 saturated heterocycles. The molecule has 0 aromatic heterocycles. The number of carbonyl (C=O) groups is 2. The van der Waals surface area contributed by atoms with Gasteiger partial charge in [-0.05, 0) is 53.6 Å². The molecule has 0 aliphatic heterocycles. The van der Waals surface area contributed by atoms with Crippen LogP contribution in [0.1, 0.15) is 26.3 Å². The van der Waals surface area contributed by atoms with Crippen molar-refractivity contribution in [3.8, 4) is 11.1 Å². The summed E-state index contributed by atoms with van der Waals surface area (Å²) >= 11 is 18.3. The number of carbonyl (C=O) groups excluding carboxylic acids is 2. The standard InChI is InChI=1S/C21H13Cl3O3/c1-27-21(26)13-4-2-12(3-5-13)20(25)19-11-15(22)6-7-18(19)14-8-16(23)10-17(24)9-14/h2-11H,1H3. The van der Waals surface area contributed by atoms with Crippen LogP contribution in [0.15, 0.2) is 60.7 Å². The van der Waals surface area contributed by atoms with E-state index in [1.807, 2.05) is 0 Å². The second kappa shape index (κ2) is 8.13. The maximum Gasteiger partial charge on any atom is 0.337 e. The van der Waals surface area contributed by atoms with Crippen LogP contribution >= 0.6 is 34.8 Å². The molecule has 0 radical (unpaired) electrons. The zero-order valence-electron chi connectivity index (χ0n) is 14.1. The minimum atomic E-state index is -0.467. The second-order valence-electron chi connectivity index (χ2n) is 5.75. The Kier molecular flexibility index (Phi) is 5.85. The lowest BCUT2D eigenvalue weighted by Gasteiger charge is -2.11. The van der Waals surface area contributed by atoms with Gasteiger partial charge in [-0.1, -0.05) is 53.0 Å². The minimum Gasteiger partial charge on any atom is -0.465 e. The lowest BCUT2D eigenvalue weighted by molar-refractivity contribution is 0.0600. The van der Waals surface area contributed by atoms with Crippen molar-refractivity contribution in [3.05, 3.63) is 92.4 Å². The minimum absolute atomic E-state index is 0.236. The van der Waals surface area contributed by atoms with Gasteiger partial charge >= 0.3 is 5.97 Å². The topological polar surface area (TPSA) is 43.4 Å². The number of methoxy groups -OCH3 is 1.